The number of carbonyl (C=O) groups is 1. The molecule has 1 aliphatic carbocycles. The average molecular weight is 469 g/mol. The maximum Gasteiger partial charge on any atom is 0.417 e. The van der Waals surface area contributed by atoms with Crippen LogP contribution in [0.3, 0.4) is 0 Å². The fourth-order valence-electron chi connectivity index (χ4n) is 3.47. The van der Waals surface area contributed by atoms with Crippen LogP contribution in [0, 0.1) is 5.92 Å². The van der Waals surface area contributed by atoms with Crippen LogP contribution in [0.5, 0.6) is 0 Å². The predicted molar refractivity (Wildman–Crippen MR) is 113 cm³/mol. The molecule has 0 bridgehead atoms. The Morgan fingerprint density at radius 2 is 2.00 bits per heavy atom. The van der Waals surface area contributed by atoms with E-state index in [4.69, 9.17) is 11.6 Å². The fraction of sp³-hybridized carbons (Fsp3) is 0.381. The molecule has 4 rings (SSSR count). The van der Waals surface area contributed by atoms with Crippen LogP contribution in [0.25, 0.3) is 5.65 Å². The van der Waals surface area contributed by atoms with E-state index in [0.29, 0.717) is 12.5 Å². The number of alkyl halides is 3. The summed E-state index contributed by atoms with van der Waals surface area (Å²) in [7, 11) is 0. The Kier molecular flexibility index (Phi) is 6.16. The van der Waals surface area contributed by atoms with Gasteiger partial charge >= 0.3 is 6.18 Å². The van der Waals surface area contributed by atoms with E-state index in [-0.39, 0.29) is 33.5 Å². The van der Waals surface area contributed by atoms with E-state index in [9.17, 15) is 18.0 Å². The molecule has 2 heterocycles. The lowest BCUT2D eigenvalue weighted by atomic mass is 10.1. The van der Waals surface area contributed by atoms with Crippen LogP contribution in [0.2, 0.25) is 5.02 Å². The van der Waals surface area contributed by atoms with E-state index in [0.717, 1.165) is 42.4 Å². The van der Waals surface area contributed by atoms with Gasteiger partial charge in [-0.15, -0.1) is 10.2 Å². The van der Waals surface area contributed by atoms with Gasteiger partial charge in [0.2, 0.25) is 5.91 Å². The average Bonchev–Trinajstić information content (AvgIpc) is 3.50. The third-order valence-electron chi connectivity index (χ3n) is 5.39. The Bertz CT molecular complexity index is 1090. The third-order valence-corrected chi connectivity index (χ3v) is 6.60. The minimum absolute atomic E-state index is 0.0402. The summed E-state index contributed by atoms with van der Waals surface area (Å²) in [5, 5.41) is 7.86. The zero-order valence-corrected chi connectivity index (χ0v) is 18.2. The van der Waals surface area contributed by atoms with Gasteiger partial charge < -0.3 is 4.90 Å². The lowest BCUT2D eigenvalue weighted by Gasteiger charge is -2.29. The van der Waals surface area contributed by atoms with Gasteiger partial charge in [0.25, 0.3) is 0 Å². The quantitative estimate of drug-likeness (QED) is 0.440. The second-order valence-electron chi connectivity index (χ2n) is 7.62. The summed E-state index contributed by atoms with van der Waals surface area (Å²) in [5.41, 5.74) is 0.256. The van der Waals surface area contributed by atoms with E-state index in [2.05, 4.69) is 10.2 Å². The van der Waals surface area contributed by atoms with Gasteiger partial charge in [0, 0.05) is 18.8 Å². The second-order valence-corrected chi connectivity index (χ2v) is 8.97. The van der Waals surface area contributed by atoms with Crippen molar-refractivity contribution in [3.63, 3.8) is 0 Å². The van der Waals surface area contributed by atoms with Gasteiger partial charge in [-0.2, -0.15) is 13.2 Å². The lowest BCUT2D eigenvalue weighted by molar-refractivity contribution is -0.138. The van der Waals surface area contributed by atoms with Crippen molar-refractivity contribution >= 4 is 34.9 Å². The predicted octanol–water partition coefficient (Wildman–Crippen LogP) is 5.32. The molecule has 0 spiro atoms. The highest BCUT2D eigenvalue weighted by Crippen LogP contribution is 2.36. The summed E-state index contributed by atoms with van der Waals surface area (Å²) in [6.07, 6.45) is -1.45. The summed E-state index contributed by atoms with van der Waals surface area (Å²) < 4.78 is 40.6. The first-order chi connectivity index (χ1) is 14.7. The van der Waals surface area contributed by atoms with Crippen molar-refractivity contribution in [1.29, 1.82) is 0 Å². The molecule has 1 aromatic carbocycles. The first kappa shape index (κ1) is 22.0. The molecular formula is C21H20ClF3N4OS. The molecule has 10 heteroatoms. The van der Waals surface area contributed by atoms with Crippen LogP contribution in [0.1, 0.15) is 30.9 Å². The molecule has 1 amide bonds. The molecule has 1 aliphatic rings. The van der Waals surface area contributed by atoms with Crippen LogP contribution >= 0.6 is 23.4 Å². The summed E-state index contributed by atoms with van der Waals surface area (Å²) in [5.74, 6) is 0.432. The smallest absolute Gasteiger partial charge is 0.335 e. The first-order valence-corrected chi connectivity index (χ1v) is 11.2. The number of thioether (sulfide) groups is 1. The molecule has 1 saturated carbocycles. The topological polar surface area (TPSA) is 50.5 Å². The van der Waals surface area contributed by atoms with Gasteiger partial charge in [0.15, 0.2) is 10.8 Å². The minimum Gasteiger partial charge on any atom is -0.335 e. The summed E-state index contributed by atoms with van der Waals surface area (Å²) >= 11 is 7.01. The Hall–Kier alpha value is -2.26. The molecular weight excluding hydrogens is 449 g/mol. The molecule has 1 fully saturated rings. The Labute approximate surface area is 186 Å². The normalized spacial score (nSPS) is 15.3. The largest absolute Gasteiger partial charge is 0.417 e. The zero-order valence-electron chi connectivity index (χ0n) is 16.6. The number of nitrogens with zero attached hydrogens (tertiary/aromatic N) is 4. The third kappa shape index (κ3) is 4.98. The molecule has 5 nitrogen and oxygen atoms in total. The number of fused-ring (bicyclic) bond motifs is 1. The SMILES string of the molecule is CC(C1CC1)N(Cc1ccccc1)C(=O)CSc1nnc2c(Cl)cc(C(F)(F)F)cn12. The van der Waals surface area contributed by atoms with Crippen molar-refractivity contribution in [3.05, 3.63) is 58.7 Å². The van der Waals surface area contributed by atoms with Gasteiger partial charge in [0.05, 0.1) is 16.3 Å². The molecule has 2 aromatic heterocycles. The van der Waals surface area contributed by atoms with Crippen molar-refractivity contribution in [1.82, 2.24) is 19.5 Å². The molecule has 0 radical (unpaired) electrons. The van der Waals surface area contributed by atoms with E-state index < -0.39 is 11.7 Å². The van der Waals surface area contributed by atoms with E-state index in [1.54, 1.807) is 0 Å². The number of carbonyl (C=O) groups excluding carboxylic acids is 1. The van der Waals surface area contributed by atoms with Crippen LogP contribution in [0.15, 0.2) is 47.8 Å². The Balaban J connectivity index is 1.53. The standard InChI is InChI=1S/C21H20ClF3N4OS/c1-13(15-7-8-15)28(10-14-5-3-2-4-6-14)18(30)12-31-20-27-26-19-17(22)9-16(11-29(19)20)21(23,24)25/h2-6,9,11,13,15H,7-8,10,12H2,1H3. The highest BCUT2D eigenvalue weighted by atomic mass is 35.5. The van der Waals surface area contributed by atoms with Crippen LogP contribution in [0.4, 0.5) is 13.2 Å². The number of hydrogen-bond acceptors (Lipinski definition) is 4. The number of aromatic nitrogens is 3. The van der Waals surface area contributed by atoms with Crippen molar-refractivity contribution in [3.8, 4) is 0 Å². The lowest BCUT2D eigenvalue weighted by Crippen LogP contribution is -2.40. The highest BCUT2D eigenvalue weighted by molar-refractivity contribution is 7.99. The number of amides is 1. The van der Waals surface area contributed by atoms with Crippen molar-refractivity contribution in [2.45, 2.75) is 43.7 Å². The monoisotopic (exact) mass is 468 g/mol. The molecule has 0 aliphatic heterocycles. The number of halogens is 4. The molecule has 1 atom stereocenters. The van der Waals surface area contributed by atoms with E-state index >= 15 is 0 Å². The Morgan fingerprint density at radius 1 is 1.29 bits per heavy atom. The van der Waals surface area contributed by atoms with Crippen LogP contribution in [-0.4, -0.2) is 37.2 Å². The van der Waals surface area contributed by atoms with Crippen molar-refractivity contribution < 1.29 is 18.0 Å². The minimum atomic E-state index is -4.55. The van der Waals surface area contributed by atoms with E-state index in [1.807, 2.05) is 42.2 Å². The van der Waals surface area contributed by atoms with Crippen molar-refractivity contribution in [2.75, 3.05) is 5.75 Å². The van der Waals surface area contributed by atoms with Gasteiger partial charge in [-0.05, 0) is 37.3 Å². The fourth-order valence-corrected chi connectivity index (χ4v) is 4.51. The number of benzene rings is 1. The maximum absolute atomic E-state index is 13.2. The summed E-state index contributed by atoms with van der Waals surface area (Å²) in [4.78, 5) is 14.9. The molecule has 3 aromatic rings. The second kappa shape index (κ2) is 8.70. The highest BCUT2D eigenvalue weighted by Gasteiger charge is 2.35. The Morgan fingerprint density at radius 3 is 2.65 bits per heavy atom. The molecule has 1 unspecified atom stereocenters. The molecule has 0 saturated heterocycles. The maximum atomic E-state index is 13.2. The van der Waals surface area contributed by atoms with Gasteiger partial charge in [-0.3, -0.25) is 9.20 Å². The van der Waals surface area contributed by atoms with Gasteiger partial charge in [-0.1, -0.05) is 53.7 Å². The van der Waals surface area contributed by atoms with Crippen LogP contribution in [-0.2, 0) is 17.5 Å². The summed E-state index contributed by atoms with van der Waals surface area (Å²) in [6, 6.07) is 10.6. The molecule has 0 N–H and O–H groups in total. The molecule has 31 heavy (non-hydrogen) atoms. The van der Waals surface area contributed by atoms with Crippen molar-refractivity contribution in [2.24, 2.45) is 5.92 Å². The number of hydrogen-bond donors (Lipinski definition) is 0. The van der Waals surface area contributed by atoms with Crippen LogP contribution < -0.4 is 0 Å². The van der Waals surface area contributed by atoms with E-state index in [1.165, 1.54) is 4.40 Å². The van der Waals surface area contributed by atoms with Gasteiger partial charge in [-0.25, -0.2) is 0 Å². The first-order valence-electron chi connectivity index (χ1n) is 9.81. The number of pyridine rings is 1. The molecule has 164 valence electrons. The van der Waals surface area contributed by atoms with Gasteiger partial charge in [0.1, 0.15) is 0 Å². The number of rotatable bonds is 7. The zero-order chi connectivity index (χ0) is 22.2. The summed E-state index contributed by atoms with van der Waals surface area (Å²) in [6.45, 7) is 2.54.